The summed E-state index contributed by atoms with van der Waals surface area (Å²) in [6.07, 6.45) is 15.7. The van der Waals surface area contributed by atoms with Crippen molar-refractivity contribution in [2.24, 2.45) is 0 Å². The highest BCUT2D eigenvalue weighted by Crippen LogP contribution is 2.10. The summed E-state index contributed by atoms with van der Waals surface area (Å²) >= 11 is 0. The first-order chi connectivity index (χ1) is 14.5. The molecule has 178 valence electrons. The number of unbranched alkanes of at least 4 members (excludes halogenated alkanes) is 12. The molecule has 0 bridgehead atoms. The second-order valence-corrected chi connectivity index (χ2v) is 8.19. The molecule has 6 heteroatoms. The standard InChI is InChI=1S/C24H46O6/c1-2-3-4-5-6-7-8-9-10-11-12-13-14-15-16-17-18-30-20-22(27)24(29)23(28)21(26)19-25/h9-10,19,21-24,26-29H,2-8,11-18,20H2,1H3/t21-,22+,23+,24+/m0/s1. The number of aliphatic hydroxyl groups is 4. The number of ether oxygens (including phenoxy) is 1. The topological polar surface area (TPSA) is 107 Å². The maximum Gasteiger partial charge on any atom is 0.151 e. The number of hydrogen-bond donors (Lipinski definition) is 4. The van der Waals surface area contributed by atoms with E-state index in [1.807, 2.05) is 0 Å². The molecule has 4 N–H and O–H groups in total. The van der Waals surface area contributed by atoms with Crippen molar-refractivity contribution in [1.82, 2.24) is 0 Å². The molecule has 0 amide bonds. The van der Waals surface area contributed by atoms with Crippen LogP contribution in [0.3, 0.4) is 0 Å². The molecule has 0 rings (SSSR count). The molecule has 0 saturated heterocycles. The number of allylic oxidation sites excluding steroid dienone is 2. The number of aliphatic hydroxyl groups excluding tert-OH is 4. The Balaban J connectivity index is 3.38. The molecule has 0 aliphatic rings. The van der Waals surface area contributed by atoms with Gasteiger partial charge in [-0.25, -0.2) is 0 Å². The van der Waals surface area contributed by atoms with Crippen LogP contribution in [-0.2, 0) is 9.53 Å². The number of carbonyl (C=O) groups excluding carboxylic acids is 1. The van der Waals surface area contributed by atoms with Crippen LogP contribution in [-0.4, -0.2) is 64.3 Å². The van der Waals surface area contributed by atoms with E-state index in [2.05, 4.69) is 19.1 Å². The molecule has 0 saturated carbocycles. The van der Waals surface area contributed by atoms with Gasteiger partial charge in [-0.2, -0.15) is 0 Å². The van der Waals surface area contributed by atoms with Gasteiger partial charge in [0.1, 0.15) is 24.4 Å². The molecule has 30 heavy (non-hydrogen) atoms. The van der Waals surface area contributed by atoms with Crippen LogP contribution >= 0.6 is 0 Å². The molecule has 4 atom stereocenters. The van der Waals surface area contributed by atoms with Crippen LogP contribution in [0.1, 0.15) is 96.8 Å². The average molecular weight is 431 g/mol. The van der Waals surface area contributed by atoms with E-state index in [9.17, 15) is 20.1 Å². The lowest BCUT2D eigenvalue weighted by molar-refractivity contribution is -0.138. The van der Waals surface area contributed by atoms with Crippen LogP contribution in [0.2, 0.25) is 0 Å². The lowest BCUT2D eigenvalue weighted by Crippen LogP contribution is -2.46. The Morgan fingerprint density at radius 3 is 1.73 bits per heavy atom. The van der Waals surface area contributed by atoms with E-state index in [0.717, 1.165) is 19.3 Å². The fraction of sp³-hybridized carbons (Fsp3) is 0.875. The van der Waals surface area contributed by atoms with Gasteiger partial charge < -0.3 is 30.0 Å². The smallest absolute Gasteiger partial charge is 0.151 e. The Bertz CT molecular complexity index is 401. The van der Waals surface area contributed by atoms with Crippen LogP contribution in [0.25, 0.3) is 0 Å². The van der Waals surface area contributed by atoms with Gasteiger partial charge in [0.15, 0.2) is 6.29 Å². The zero-order chi connectivity index (χ0) is 22.5. The molecule has 6 nitrogen and oxygen atoms in total. The number of carbonyl (C=O) groups is 1. The summed E-state index contributed by atoms with van der Waals surface area (Å²) in [5.74, 6) is 0. The molecule has 0 aromatic carbocycles. The summed E-state index contributed by atoms with van der Waals surface area (Å²) in [6.45, 7) is 2.58. The Hall–Kier alpha value is -0.790. The predicted octanol–water partition coefficient (Wildman–Crippen LogP) is 3.68. The second-order valence-electron chi connectivity index (χ2n) is 8.19. The minimum atomic E-state index is -1.72. The SMILES string of the molecule is CCCCCCCCC=CCCCCCCCCOC[C@@H](O)[C@@H](O)[C@H](O)[C@@H](O)C=O. The summed E-state index contributed by atoms with van der Waals surface area (Å²) in [5.41, 5.74) is 0. The maximum atomic E-state index is 10.4. The van der Waals surface area contributed by atoms with Crippen molar-refractivity contribution < 1.29 is 30.0 Å². The van der Waals surface area contributed by atoms with Gasteiger partial charge in [0.25, 0.3) is 0 Å². The van der Waals surface area contributed by atoms with Gasteiger partial charge in [0.05, 0.1) is 6.61 Å². The molecule has 0 aliphatic carbocycles. The third kappa shape index (κ3) is 16.9. The van der Waals surface area contributed by atoms with Crippen LogP contribution in [0.5, 0.6) is 0 Å². The third-order valence-corrected chi connectivity index (χ3v) is 5.32. The van der Waals surface area contributed by atoms with Crippen molar-refractivity contribution in [3.05, 3.63) is 12.2 Å². The lowest BCUT2D eigenvalue weighted by Gasteiger charge is -2.23. The van der Waals surface area contributed by atoms with E-state index in [0.29, 0.717) is 6.61 Å². The molecule has 0 spiro atoms. The summed E-state index contributed by atoms with van der Waals surface area (Å²) in [4.78, 5) is 10.4. The molecule has 0 fully saturated rings. The lowest BCUT2D eigenvalue weighted by atomic mass is 10.0. The van der Waals surface area contributed by atoms with Gasteiger partial charge >= 0.3 is 0 Å². The average Bonchev–Trinajstić information content (AvgIpc) is 2.76. The van der Waals surface area contributed by atoms with E-state index in [1.54, 1.807) is 0 Å². The quantitative estimate of drug-likeness (QED) is 0.119. The first-order valence-corrected chi connectivity index (χ1v) is 11.9. The van der Waals surface area contributed by atoms with Gasteiger partial charge in [0, 0.05) is 6.61 Å². The van der Waals surface area contributed by atoms with Crippen molar-refractivity contribution in [2.75, 3.05) is 13.2 Å². The molecular formula is C24H46O6. The van der Waals surface area contributed by atoms with Crippen molar-refractivity contribution in [1.29, 1.82) is 0 Å². The molecule has 0 heterocycles. The molecular weight excluding hydrogens is 384 g/mol. The second kappa shape index (κ2) is 21.4. The molecule has 0 unspecified atom stereocenters. The zero-order valence-corrected chi connectivity index (χ0v) is 19.0. The van der Waals surface area contributed by atoms with Gasteiger partial charge in [-0.15, -0.1) is 0 Å². The van der Waals surface area contributed by atoms with Crippen LogP contribution in [0.15, 0.2) is 12.2 Å². The highest BCUT2D eigenvalue weighted by molar-refractivity contribution is 5.56. The van der Waals surface area contributed by atoms with E-state index in [1.165, 1.54) is 70.6 Å². The minimum absolute atomic E-state index is 0.119. The van der Waals surface area contributed by atoms with E-state index in [-0.39, 0.29) is 12.9 Å². The van der Waals surface area contributed by atoms with Gasteiger partial charge in [-0.1, -0.05) is 76.9 Å². The third-order valence-electron chi connectivity index (χ3n) is 5.32. The van der Waals surface area contributed by atoms with Crippen LogP contribution < -0.4 is 0 Å². The fourth-order valence-electron chi connectivity index (χ4n) is 3.26. The highest BCUT2D eigenvalue weighted by Gasteiger charge is 2.30. The monoisotopic (exact) mass is 430 g/mol. The summed E-state index contributed by atoms with van der Waals surface area (Å²) in [7, 11) is 0. The van der Waals surface area contributed by atoms with Crippen LogP contribution in [0.4, 0.5) is 0 Å². The van der Waals surface area contributed by atoms with Crippen LogP contribution in [0, 0.1) is 0 Å². The number of aldehydes is 1. The molecule has 0 aromatic heterocycles. The first kappa shape index (κ1) is 29.2. The predicted molar refractivity (Wildman–Crippen MR) is 120 cm³/mol. The Morgan fingerprint density at radius 1 is 0.700 bits per heavy atom. The van der Waals surface area contributed by atoms with Crippen molar-refractivity contribution in [2.45, 2.75) is 121 Å². The van der Waals surface area contributed by atoms with Crippen molar-refractivity contribution >= 4 is 6.29 Å². The minimum Gasteiger partial charge on any atom is -0.388 e. The zero-order valence-electron chi connectivity index (χ0n) is 19.0. The Kier molecular flexibility index (Phi) is 20.9. The normalized spacial score (nSPS) is 15.9. The van der Waals surface area contributed by atoms with E-state index >= 15 is 0 Å². The van der Waals surface area contributed by atoms with Crippen molar-refractivity contribution in [3.8, 4) is 0 Å². The summed E-state index contributed by atoms with van der Waals surface area (Å²) < 4.78 is 5.30. The van der Waals surface area contributed by atoms with Gasteiger partial charge in [-0.05, 0) is 32.1 Å². The highest BCUT2D eigenvalue weighted by atomic mass is 16.5. The van der Waals surface area contributed by atoms with E-state index in [4.69, 9.17) is 9.84 Å². The van der Waals surface area contributed by atoms with Gasteiger partial charge in [0.2, 0.25) is 0 Å². The maximum absolute atomic E-state index is 10.4. The Labute approximate surface area is 183 Å². The summed E-state index contributed by atoms with van der Waals surface area (Å²) in [5, 5.41) is 37.9. The first-order valence-electron chi connectivity index (χ1n) is 11.9. The Morgan fingerprint density at radius 2 is 1.20 bits per heavy atom. The molecule has 0 aromatic rings. The van der Waals surface area contributed by atoms with E-state index < -0.39 is 24.4 Å². The van der Waals surface area contributed by atoms with Gasteiger partial charge in [-0.3, -0.25) is 0 Å². The molecule has 0 radical (unpaired) electrons. The fourth-order valence-corrected chi connectivity index (χ4v) is 3.26. The molecule has 0 aliphatic heterocycles. The number of rotatable bonds is 22. The summed E-state index contributed by atoms with van der Waals surface area (Å²) in [6, 6.07) is 0. The largest absolute Gasteiger partial charge is 0.388 e. The number of hydrogen-bond acceptors (Lipinski definition) is 6. The van der Waals surface area contributed by atoms with Crippen molar-refractivity contribution in [3.63, 3.8) is 0 Å².